The summed E-state index contributed by atoms with van der Waals surface area (Å²) in [6.07, 6.45) is 2.35. The highest BCUT2D eigenvalue weighted by Gasteiger charge is 2.07. The molecule has 7 heteroatoms. The Bertz CT molecular complexity index is 820. The van der Waals surface area contributed by atoms with Crippen LogP contribution in [0.3, 0.4) is 0 Å². The molecule has 1 aromatic carbocycles. The van der Waals surface area contributed by atoms with Crippen LogP contribution in [0.1, 0.15) is 12.2 Å². The molecule has 2 heterocycles. The van der Waals surface area contributed by atoms with E-state index in [1.807, 2.05) is 53.1 Å². The van der Waals surface area contributed by atoms with E-state index in [1.54, 1.807) is 11.8 Å². The Hall–Kier alpha value is -1.86. The lowest BCUT2D eigenvalue weighted by molar-refractivity contribution is -0.120. The van der Waals surface area contributed by atoms with E-state index in [0.29, 0.717) is 13.0 Å². The molecule has 1 N–H and O–H groups in total. The molecule has 0 fully saturated rings. The maximum absolute atomic E-state index is 12.0. The molecule has 5 nitrogen and oxygen atoms in total. The molecule has 0 unspecified atom stereocenters. The second kappa shape index (κ2) is 7.61. The largest absolute Gasteiger partial charge is 0.349 e. The van der Waals surface area contributed by atoms with Gasteiger partial charge in [0.15, 0.2) is 11.5 Å². The third-order valence-electron chi connectivity index (χ3n) is 3.25. The predicted molar refractivity (Wildman–Crippen MR) is 94.3 cm³/mol. The van der Waals surface area contributed by atoms with Gasteiger partial charge in [-0.3, -0.25) is 9.20 Å². The van der Waals surface area contributed by atoms with Crippen molar-refractivity contribution >= 4 is 39.2 Å². The highest BCUT2D eigenvalue weighted by Crippen LogP contribution is 2.27. The maximum Gasteiger partial charge on any atom is 0.221 e. The van der Waals surface area contributed by atoms with Crippen molar-refractivity contribution in [1.82, 2.24) is 19.9 Å². The highest BCUT2D eigenvalue weighted by atomic mass is 79.9. The molecule has 0 spiro atoms. The number of aromatic nitrogens is 3. The number of carbonyl (C=O) groups excluding carboxylic acids is 1. The van der Waals surface area contributed by atoms with Crippen molar-refractivity contribution in [3.05, 3.63) is 59.0 Å². The lowest BCUT2D eigenvalue weighted by Crippen LogP contribution is -2.24. The fourth-order valence-corrected chi connectivity index (χ4v) is 3.61. The number of rotatable bonds is 6. The van der Waals surface area contributed by atoms with E-state index in [9.17, 15) is 4.79 Å². The zero-order valence-electron chi connectivity index (χ0n) is 12.3. The van der Waals surface area contributed by atoms with Gasteiger partial charge in [-0.15, -0.1) is 22.0 Å². The minimum absolute atomic E-state index is 0.0113. The summed E-state index contributed by atoms with van der Waals surface area (Å²) in [5, 5.41) is 11.0. The summed E-state index contributed by atoms with van der Waals surface area (Å²) in [4.78, 5) is 13.1. The van der Waals surface area contributed by atoms with Crippen LogP contribution in [0.4, 0.5) is 0 Å². The number of carbonyl (C=O) groups is 1. The number of fused-ring (bicyclic) bond motifs is 1. The number of nitrogens with one attached hydrogen (secondary N) is 1. The van der Waals surface area contributed by atoms with Gasteiger partial charge in [-0.2, -0.15) is 0 Å². The van der Waals surface area contributed by atoms with E-state index in [-0.39, 0.29) is 5.91 Å². The summed E-state index contributed by atoms with van der Waals surface area (Å²) in [6, 6.07) is 13.7. The van der Waals surface area contributed by atoms with E-state index in [1.165, 1.54) is 0 Å². The van der Waals surface area contributed by atoms with Gasteiger partial charge in [0.1, 0.15) is 0 Å². The molecular formula is C16H15BrN4OS. The highest BCUT2D eigenvalue weighted by molar-refractivity contribution is 9.10. The molecule has 23 heavy (non-hydrogen) atoms. The van der Waals surface area contributed by atoms with Gasteiger partial charge in [-0.25, -0.2) is 0 Å². The second-order valence-electron chi connectivity index (χ2n) is 4.85. The predicted octanol–water partition coefficient (Wildman–Crippen LogP) is 3.29. The SMILES string of the molecule is O=C(CCSc1ccccc1Br)NCc1nnc2ccccn12. The number of benzene rings is 1. The van der Waals surface area contributed by atoms with E-state index in [4.69, 9.17) is 0 Å². The summed E-state index contributed by atoms with van der Waals surface area (Å²) < 4.78 is 2.93. The Morgan fingerprint density at radius 3 is 2.87 bits per heavy atom. The van der Waals surface area contributed by atoms with Gasteiger partial charge in [0.05, 0.1) is 6.54 Å². The summed E-state index contributed by atoms with van der Waals surface area (Å²) in [5.41, 5.74) is 0.779. The van der Waals surface area contributed by atoms with Gasteiger partial charge in [-0.05, 0) is 40.2 Å². The van der Waals surface area contributed by atoms with Crippen molar-refractivity contribution in [1.29, 1.82) is 0 Å². The van der Waals surface area contributed by atoms with Crippen LogP contribution < -0.4 is 5.32 Å². The van der Waals surface area contributed by atoms with E-state index >= 15 is 0 Å². The molecule has 3 aromatic rings. The van der Waals surface area contributed by atoms with Gasteiger partial charge >= 0.3 is 0 Å². The molecule has 2 aromatic heterocycles. The molecule has 0 atom stereocenters. The number of hydrogen-bond acceptors (Lipinski definition) is 4. The van der Waals surface area contributed by atoms with Gasteiger partial charge in [-0.1, -0.05) is 18.2 Å². The van der Waals surface area contributed by atoms with Gasteiger partial charge in [0.2, 0.25) is 5.91 Å². The number of pyridine rings is 1. The summed E-state index contributed by atoms with van der Waals surface area (Å²) >= 11 is 5.16. The molecule has 0 aliphatic rings. The van der Waals surface area contributed by atoms with Crippen molar-refractivity contribution in [2.75, 3.05) is 5.75 Å². The Morgan fingerprint density at radius 2 is 2.00 bits per heavy atom. The first-order valence-corrected chi connectivity index (χ1v) is 8.94. The monoisotopic (exact) mass is 390 g/mol. The van der Waals surface area contributed by atoms with Gasteiger partial charge < -0.3 is 5.32 Å². The number of nitrogens with zero attached hydrogens (tertiary/aromatic N) is 3. The first kappa shape index (κ1) is 16.0. The smallest absolute Gasteiger partial charge is 0.221 e. The maximum atomic E-state index is 12.0. The quantitative estimate of drug-likeness (QED) is 0.656. The van der Waals surface area contributed by atoms with Crippen molar-refractivity contribution in [2.45, 2.75) is 17.9 Å². The Kier molecular flexibility index (Phi) is 5.30. The standard InChI is InChI=1S/C16H15BrN4OS/c17-12-5-1-2-6-13(12)23-10-8-16(22)18-11-15-20-19-14-7-3-4-9-21(14)15/h1-7,9H,8,10-11H2,(H,18,22). The number of amides is 1. The van der Waals surface area contributed by atoms with Crippen LogP contribution in [0.5, 0.6) is 0 Å². The van der Waals surface area contributed by atoms with Crippen molar-refractivity contribution in [3.63, 3.8) is 0 Å². The summed E-state index contributed by atoms with van der Waals surface area (Å²) in [6.45, 7) is 0.379. The molecule has 0 saturated heterocycles. The Morgan fingerprint density at radius 1 is 1.17 bits per heavy atom. The third-order valence-corrected chi connectivity index (χ3v) is 5.28. The first-order chi connectivity index (χ1) is 11.2. The lowest BCUT2D eigenvalue weighted by atomic mass is 10.4. The molecule has 1 amide bonds. The summed E-state index contributed by atoms with van der Waals surface area (Å²) in [7, 11) is 0. The van der Waals surface area contributed by atoms with Crippen molar-refractivity contribution in [3.8, 4) is 0 Å². The average molecular weight is 391 g/mol. The minimum Gasteiger partial charge on any atom is -0.349 e. The molecule has 118 valence electrons. The fourth-order valence-electron chi connectivity index (χ4n) is 2.09. The van der Waals surface area contributed by atoms with Crippen LogP contribution in [-0.2, 0) is 11.3 Å². The third kappa shape index (κ3) is 4.11. The van der Waals surface area contributed by atoms with Gasteiger partial charge in [0, 0.05) is 27.7 Å². The van der Waals surface area contributed by atoms with E-state index < -0.39 is 0 Å². The van der Waals surface area contributed by atoms with Crippen molar-refractivity contribution in [2.24, 2.45) is 0 Å². The van der Waals surface area contributed by atoms with Crippen LogP contribution in [0.2, 0.25) is 0 Å². The van der Waals surface area contributed by atoms with Crippen LogP contribution in [0, 0.1) is 0 Å². The van der Waals surface area contributed by atoms with Crippen LogP contribution in [0.15, 0.2) is 58.0 Å². The molecule has 0 aliphatic heterocycles. The topological polar surface area (TPSA) is 59.3 Å². The molecule has 0 saturated carbocycles. The van der Waals surface area contributed by atoms with Gasteiger partial charge in [0.25, 0.3) is 0 Å². The number of thioether (sulfide) groups is 1. The number of halogens is 1. The Balaban J connectivity index is 1.47. The normalized spacial score (nSPS) is 10.8. The lowest BCUT2D eigenvalue weighted by Gasteiger charge is -2.05. The molecule has 0 aliphatic carbocycles. The fraction of sp³-hybridized carbons (Fsp3) is 0.188. The van der Waals surface area contributed by atoms with Crippen LogP contribution in [-0.4, -0.2) is 26.3 Å². The van der Waals surface area contributed by atoms with E-state index in [0.717, 1.165) is 26.6 Å². The molecule has 3 rings (SSSR count). The zero-order chi connectivity index (χ0) is 16.1. The van der Waals surface area contributed by atoms with Crippen LogP contribution in [0.25, 0.3) is 5.65 Å². The molecular weight excluding hydrogens is 376 g/mol. The Labute approximate surface area is 146 Å². The van der Waals surface area contributed by atoms with E-state index in [2.05, 4.69) is 31.4 Å². The van der Waals surface area contributed by atoms with Crippen LogP contribution >= 0.6 is 27.7 Å². The zero-order valence-corrected chi connectivity index (χ0v) is 14.7. The average Bonchev–Trinajstić information content (AvgIpc) is 2.98. The van der Waals surface area contributed by atoms with Crippen molar-refractivity contribution < 1.29 is 4.79 Å². The molecule has 0 bridgehead atoms. The summed E-state index contributed by atoms with van der Waals surface area (Å²) in [5.74, 6) is 1.47. The minimum atomic E-state index is 0.0113. The molecule has 0 radical (unpaired) electrons. The number of hydrogen-bond donors (Lipinski definition) is 1. The first-order valence-electron chi connectivity index (χ1n) is 7.17. The second-order valence-corrected chi connectivity index (χ2v) is 6.84.